The first-order valence-electron chi connectivity index (χ1n) is 7.71. The molecule has 3 N–H and O–H groups in total. The third-order valence-electron chi connectivity index (χ3n) is 4.01. The number of hydrogen-bond acceptors (Lipinski definition) is 2. The van der Waals surface area contributed by atoms with Gasteiger partial charge in [0, 0.05) is 25.0 Å². The van der Waals surface area contributed by atoms with Gasteiger partial charge in [-0.15, -0.1) is 0 Å². The Labute approximate surface area is 121 Å². The normalized spacial score (nSPS) is 17.8. The lowest BCUT2D eigenvalue weighted by atomic mass is 10.1. The molecule has 0 atom stereocenters. The van der Waals surface area contributed by atoms with E-state index in [0.29, 0.717) is 12.0 Å². The van der Waals surface area contributed by atoms with E-state index in [1.54, 1.807) is 0 Å². The zero-order valence-corrected chi connectivity index (χ0v) is 12.4. The van der Waals surface area contributed by atoms with Crippen LogP contribution in [-0.2, 0) is 6.42 Å². The molecule has 1 fully saturated rings. The summed E-state index contributed by atoms with van der Waals surface area (Å²) in [6.07, 6.45) is 12.4. The molecule has 1 aromatic heterocycles. The SMILES string of the molecule is Cc1cnccc1CCN=C(N)NC1CCCCCC1. The lowest BCUT2D eigenvalue weighted by molar-refractivity contribution is 0.530. The van der Waals surface area contributed by atoms with Gasteiger partial charge in [0.05, 0.1) is 0 Å². The van der Waals surface area contributed by atoms with Crippen molar-refractivity contribution in [2.45, 2.75) is 57.9 Å². The number of rotatable bonds is 4. The van der Waals surface area contributed by atoms with Gasteiger partial charge in [0.15, 0.2) is 5.96 Å². The van der Waals surface area contributed by atoms with E-state index >= 15 is 0 Å². The summed E-state index contributed by atoms with van der Waals surface area (Å²) in [4.78, 5) is 8.55. The van der Waals surface area contributed by atoms with Gasteiger partial charge in [-0.1, -0.05) is 25.7 Å². The van der Waals surface area contributed by atoms with Crippen LogP contribution >= 0.6 is 0 Å². The highest BCUT2D eigenvalue weighted by atomic mass is 15.1. The third kappa shape index (κ3) is 4.83. The Hall–Kier alpha value is -1.58. The van der Waals surface area contributed by atoms with Crippen LogP contribution in [0.1, 0.15) is 49.7 Å². The second-order valence-corrected chi connectivity index (χ2v) is 5.65. The number of nitrogens with two attached hydrogens (primary N) is 1. The highest BCUT2D eigenvalue weighted by Crippen LogP contribution is 2.16. The van der Waals surface area contributed by atoms with Crippen molar-refractivity contribution in [3.8, 4) is 0 Å². The molecule has 1 aliphatic carbocycles. The van der Waals surface area contributed by atoms with Crippen LogP contribution in [0.4, 0.5) is 0 Å². The number of nitrogens with zero attached hydrogens (tertiary/aromatic N) is 2. The van der Waals surface area contributed by atoms with Crippen molar-refractivity contribution in [2.75, 3.05) is 6.54 Å². The molecule has 1 saturated carbocycles. The standard InChI is InChI=1S/C16H26N4/c1-13-12-18-10-8-14(13)9-11-19-16(17)20-15-6-4-2-3-5-7-15/h8,10,12,15H,2-7,9,11H2,1H3,(H3,17,19,20). The molecule has 4 nitrogen and oxygen atoms in total. The fourth-order valence-electron chi connectivity index (χ4n) is 2.76. The van der Waals surface area contributed by atoms with Gasteiger partial charge in [-0.05, 0) is 43.4 Å². The fourth-order valence-corrected chi connectivity index (χ4v) is 2.76. The van der Waals surface area contributed by atoms with Crippen molar-refractivity contribution in [2.24, 2.45) is 10.7 Å². The fraction of sp³-hybridized carbons (Fsp3) is 0.625. The van der Waals surface area contributed by atoms with Crippen LogP contribution in [0, 0.1) is 6.92 Å². The summed E-state index contributed by atoms with van der Waals surface area (Å²) in [5, 5.41) is 3.38. The molecule has 0 amide bonds. The Morgan fingerprint density at radius 3 is 2.80 bits per heavy atom. The number of aryl methyl sites for hydroxylation is 1. The van der Waals surface area contributed by atoms with Crippen LogP contribution in [0.2, 0.25) is 0 Å². The lowest BCUT2D eigenvalue weighted by Gasteiger charge is -2.16. The first-order chi connectivity index (χ1) is 9.75. The van der Waals surface area contributed by atoms with E-state index in [9.17, 15) is 0 Å². The van der Waals surface area contributed by atoms with Gasteiger partial charge >= 0.3 is 0 Å². The molecule has 0 aromatic carbocycles. The van der Waals surface area contributed by atoms with Crippen LogP contribution in [0.3, 0.4) is 0 Å². The number of nitrogens with one attached hydrogen (secondary N) is 1. The molecule has 4 heteroatoms. The number of aliphatic imine (C=N–C) groups is 1. The van der Waals surface area contributed by atoms with E-state index in [4.69, 9.17) is 5.73 Å². The number of hydrogen-bond donors (Lipinski definition) is 2. The zero-order chi connectivity index (χ0) is 14.2. The number of aromatic nitrogens is 1. The summed E-state index contributed by atoms with van der Waals surface area (Å²) in [5.74, 6) is 0.601. The van der Waals surface area contributed by atoms with Crippen LogP contribution in [-0.4, -0.2) is 23.5 Å². The monoisotopic (exact) mass is 274 g/mol. The van der Waals surface area contributed by atoms with Crippen molar-refractivity contribution in [1.82, 2.24) is 10.3 Å². The lowest BCUT2D eigenvalue weighted by Crippen LogP contribution is -2.40. The maximum absolute atomic E-state index is 5.98. The Morgan fingerprint density at radius 2 is 2.10 bits per heavy atom. The highest BCUT2D eigenvalue weighted by Gasteiger charge is 2.12. The topological polar surface area (TPSA) is 63.3 Å². The summed E-state index contributed by atoms with van der Waals surface area (Å²) in [5.41, 5.74) is 8.50. The minimum absolute atomic E-state index is 0.518. The molecular formula is C16H26N4. The zero-order valence-electron chi connectivity index (χ0n) is 12.4. The molecule has 0 unspecified atom stereocenters. The maximum atomic E-state index is 5.98. The number of guanidine groups is 1. The average molecular weight is 274 g/mol. The Kier molecular flexibility index (Phi) is 5.84. The van der Waals surface area contributed by atoms with Crippen molar-refractivity contribution in [1.29, 1.82) is 0 Å². The quantitative estimate of drug-likeness (QED) is 0.504. The van der Waals surface area contributed by atoms with Gasteiger partial charge in [0.25, 0.3) is 0 Å². The van der Waals surface area contributed by atoms with Crippen LogP contribution < -0.4 is 11.1 Å². The van der Waals surface area contributed by atoms with Gasteiger partial charge < -0.3 is 11.1 Å². The van der Waals surface area contributed by atoms with E-state index in [-0.39, 0.29) is 0 Å². The summed E-state index contributed by atoms with van der Waals surface area (Å²) < 4.78 is 0. The summed E-state index contributed by atoms with van der Waals surface area (Å²) >= 11 is 0. The molecule has 1 heterocycles. The van der Waals surface area contributed by atoms with Gasteiger partial charge in [0.1, 0.15) is 0 Å². The van der Waals surface area contributed by atoms with E-state index in [1.807, 2.05) is 12.4 Å². The third-order valence-corrected chi connectivity index (χ3v) is 4.01. The summed E-state index contributed by atoms with van der Waals surface area (Å²) in [7, 11) is 0. The minimum Gasteiger partial charge on any atom is -0.370 e. The van der Waals surface area contributed by atoms with Crippen molar-refractivity contribution >= 4 is 5.96 Å². The van der Waals surface area contributed by atoms with E-state index in [0.717, 1.165) is 13.0 Å². The second-order valence-electron chi connectivity index (χ2n) is 5.65. The molecule has 0 saturated heterocycles. The average Bonchev–Trinajstić information content (AvgIpc) is 2.69. The predicted molar refractivity (Wildman–Crippen MR) is 83.8 cm³/mol. The van der Waals surface area contributed by atoms with Crippen molar-refractivity contribution < 1.29 is 0 Å². The molecule has 1 aromatic rings. The van der Waals surface area contributed by atoms with Crippen molar-refractivity contribution in [3.05, 3.63) is 29.6 Å². The summed E-state index contributed by atoms with van der Waals surface area (Å²) in [6.45, 7) is 2.82. The molecule has 0 bridgehead atoms. The Bertz CT molecular complexity index is 434. The van der Waals surface area contributed by atoms with Crippen LogP contribution in [0.5, 0.6) is 0 Å². The molecule has 20 heavy (non-hydrogen) atoms. The smallest absolute Gasteiger partial charge is 0.188 e. The van der Waals surface area contributed by atoms with Gasteiger partial charge in [-0.3, -0.25) is 9.98 Å². The molecule has 2 rings (SSSR count). The largest absolute Gasteiger partial charge is 0.370 e. The first kappa shape index (κ1) is 14.8. The Balaban J connectivity index is 1.77. The van der Waals surface area contributed by atoms with Crippen molar-refractivity contribution in [3.63, 3.8) is 0 Å². The van der Waals surface area contributed by atoms with E-state index < -0.39 is 0 Å². The molecule has 0 spiro atoms. The van der Waals surface area contributed by atoms with Crippen LogP contribution in [0.25, 0.3) is 0 Å². The van der Waals surface area contributed by atoms with Gasteiger partial charge in [0.2, 0.25) is 0 Å². The van der Waals surface area contributed by atoms with Gasteiger partial charge in [-0.25, -0.2) is 0 Å². The van der Waals surface area contributed by atoms with Crippen LogP contribution in [0.15, 0.2) is 23.5 Å². The summed E-state index contributed by atoms with van der Waals surface area (Å²) in [6, 6.07) is 2.57. The number of pyridine rings is 1. The molecule has 110 valence electrons. The molecule has 1 aliphatic rings. The highest BCUT2D eigenvalue weighted by molar-refractivity contribution is 5.78. The Morgan fingerprint density at radius 1 is 1.35 bits per heavy atom. The first-order valence-corrected chi connectivity index (χ1v) is 7.71. The maximum Gasteiger partial charge on any atom is 0.188 e. The second kappa shape index (κ2) is 7.88. The van der Waals surface area contributed by atoms with Gasteiger partial charge in [-0.2, -0.15) is 0 Å². The minimum atomic E-state index is 0.518. The van der Waals surface area contributed by atoms with E-state index in [1.165, 1.54) is 49.7 Å². The molecule has 0 aliphatic heterocycles. The molecular weight excluding hydrogens is 248 g/mol. The van der Waals surface area contributed by atoms with E-state index in [2.05, 4.69) is 28.3 Å². The molecule has 0 radical (unpaired) electrons. The predicted octanol–water partition coefficient (Wildman–Crippen LogP) is 2.56.